The Bertz CT molecular complexity index is 2450. The third kappa shape index (κ3) is 7.59. The zero-order chi connectivity index (χ0) is 38.5. The molecular formula is C49H53N4O2+. The van der Waals surface area contributed by atoms with Gasteiger partial charge < -0.3 is 19.1 Å². The van der Waals surface area contributed by atoms with Gasteiger partial charge in [-0.05, 0) is 87.7 Å². The maximum atomic E-state index is 11.2. The number of esters is 1. The van der Waals surface area contributed by atoms with Crippen LogP contribution in [0, 0.1) is 0 Å². The molecule has 5 aromatic carbocycles. The van der Waals surface area contributed by atoms with E-state index in [9.17, 15) is 4.79 Å². The fourth-order valence-corrected chi connectivity index (χ4v) is 8.17. The topological polar surface area (TPSA) is 40.7 Å². The van der Waals surface area contributed by atoms with Gasteiger partial charge in [0, 0.05) is 102 Å². The van der Waals surface area contributed by atoms with Crippen molar-refractivity contribution in [2.75, 3.05) is 37.0 Å². The Kier molecular flexibility index (Phi) is 11.1. The summed E-state index contributed by atoms with van der Waals surface area (Å²) in [5.74, 6) is -0.205. The molecule has 1 aliphatic heterocycles. The fraction of sp³-hybridized carbons (Fsp3) is 0.265. The Hall–Kier alpha value is -5.88. The molecule has 0 radical (unpaired) electrons. The number of aryl methyl sites for hydroxylation is 1. The third-order valence-corrected chi connectivity index (χ3v) is 11.2. The summed E-state index contributed by atoms with van der Waals surface area (Å²) in [7, 11) is 6.44. The number of ether oxygens (including phenoxy) is 1. The highest BCUT2D eigenvalue weighted by atomic mass is 16.5. The second kappa shape index (κ2) is 16.2. The standard InChI is InChI=1S/C49H53N4O2/c1-36(54)55-34-19-8-7-18-33-53-45-30-29-39(50(4)37-21-12-9-13-22-37)35-42(45)49(2,3)47(53)28-17-11-16-27-43-40-25-20-26-41-44(31-32-46(48(40)41)52(43)6)51(5)38-23-14-10-15-24-38/h9-17,20-32,35H,7-8,18-19,33-34H2,1-6H3/q+1. The molecule has 55 heavy (non-hydrogen) atoms. The van der Waals surface area contributed by atoms with E-state index >= 15 is 0 Å². The van der Waals surface area contributed by atoms with E-state index in [0.29, 0.717) is 6.61 Å². The number of hydrogen-bond donors (Lipinski definition) is 0. The molecule has 0 saturated carbocycles. The molecule has 0 bridgehead atoms. The van der Waals surface area contributed by atoms with Gasteiger partial charge in [-0.1, -0.05) is 72.8 Å². The van der Waals surface area contributed by atoms with Gasteiger partial charge in [-0.25, -0.2) is 0 Å². The van der Waals surface area contributed by atoms with E-state index in [-0.39, 0.29) is 11.4 Å². The average molecular weight is 730 g/mol. The van der Waals surface area contributed by atoms with E-state index < -0.39 is 0 Å². The first kappa shape index (κ1) is 37.4. The molecule has 0 fully saturated rings. The predicted molar refractivity (Wildman–Crippen MR) is 232 cm³/mol. The molecule has 6 aromatic rings. The van der Waals surface area contributed by atoms with Gasteiger partial charge >= 0.3 is 5.97 Å². The molecule has 6 nitrogen and oxygen atoms in total. The monoisotopic (exact) mass is 729 g/mol. The Morgan fingerprint density at radius 1 is 0.745 bits per heavy atom. The lowest BCUT2D eigenvalue weighted by Crippen LogP contribution is -2.28. The summed E-state index contributed by atoms with van der Waals surface area (Å²) < 4.78 is 9.98. The molecule has 0 saturated heterocycles. The molecule has 1 aromatic heterocycles. The van der Waals surface area contributed by atoms with Crippen LogP contribution in [0.5, 0.6) is 0 Å². The zero-order valence-electron chi connectivity index (χ0n) is 33.1. The van der Waals surface area contributed by atoms with E-state index in [1.54, 1.807) is 0 Å². The Balaban J connectivity index is 1.17. The molecule has 0 N–H and O–H groups in total. The van der Waals surface area contributed by atoms with Crippen LogP contribution in [0.2, 0.25) is 0 Å². The molecule has 0 aliphatic carbocycles. The highest BCUT2D eigenvalue weighted by Crippen LogP contribution is 2.43. The number of nitrogens with zero attached hydrogens (tertiary/aromatic N) is 4. The number of carbonyl (C=O) groups is 1. The van der Waals surface area contributed by atoms with Gasteiger partial charge in [-0.15, -0.1) is 0 Å². The zero-order valence-corrected chi connectivity index (χ0v) is 33.1. The van der Waals surface area contributed by atoms with Crippen molar-refractivity contribution in [1.29, 1.82) is 0 Å². The van der Waals surface area contributed by atoms with Crippen LogP contribution in [-0.2, 0) is 22.0 Å². The highest BCUT2D eigenvalue weighted by Gasteiger charge is 2.44. The van der Waals surface area contributed by atoms with Gasteiger partial charge in [0.25, 0.3) is 0 Å². The molecule has 0 unspecified atom stereocenters. The molecule has 0 amide bonds. The van der Waals surface area contributed by atoms with E-state index in [1.807, 2.05) is 0 Å². The van der Waals surface area contributed by atoms with Gasteiger partial charge in [-0.2, -0.15) is 4.58 Å². The Morgan fingerprint density at radius 3 is 2.16 bits per heavy atom. The van der Waals surface area contributed by atoms with Crippen LogP contribution in [0.4, 0.5) is 28.4 Å². The van der Waals surface area contributed by atoms with Crippen molar-refractivity contribution >= 4 is 67.9 Å². The van der Waals surface area contributed by atoms with Crippen LogP contribution in [0.1, 0.15) is 52.0 Å². The van der Waals surface area contributed by atoms with Gasteiger partial charge in [0.15, 0.2) is 5.71 Å². The lowest BCUT2D eigenvalue weighted by Gasteiger charge is -2.22. The minimum absolute atomic E-state index is 0.186. The number of hydrogen-bond acceptors (Lipinski definition) is 4. The number of fused-ring (bicyclic) bond motifs is 1. The van der Waals surface area contributed by atoms with E-state index in [1.165, 1.54) is 73.7 Å². The Morgan fingerprint density at radius 2 is 1.44 bits per heavy atom. The summed E-state index contributed by atoms with van der Waals surface area (Å²) in [6.07, 6.45) is 15.1. The summed E-state index contributed by atoms with van der Waals surface area (Å²) >= 11 is 0. The van der Waals surface area contributed by atoms with Crippen molar-refractivity contribution in [3.8, 4) is 0 Å². The van der Waals surface area contributed by atoms with E-state index in [0.717, 1.165) is 32.2 Å². The van der Waals surface area contributed by atoms with Crippen molar-refractivity contribution in [3.63, 3.8) is 0 Å². The van der Waals surface area contributed by atoms with Crippen LogP contribution in [-0.4, -0.2) is 48.1 Å². The van der Waals surface area contributed by atoms with Gasteiger partial charge in [-0.3, -0.25) is 4.79 Å². The van der Waals surface area contributed by atoms with Gasteiger partial charge in [0.2, 0.25) is 5.69 Å². The molecule has 280 valence electrons. The highest BCUT2D eigenvalue weighted by molar-refractivity contribution is 6.15. The summed E-state index contributed by atoms with van der Waals surface area (Å²) in [6.45, 7) is 7.59. The fourth-order valence-electron chi connectivity index (χ4n) is 8.17. The van der Waals surface area contributed by atoms with Crippen molar-refractivity contribution in [2.24, 2.45) is 7.05 Å². The van der Waals surface area contributed by atoms with E-state index in [2.05, 4.69) is 194 Å². The van der Waals surface area contributed by atoms with Crippen LogP contribution in [0.3, 0.4) is 0 Å². The number of rotatable bonds is 14. The number of para-hydroxylation sites is 2. The second-order valence-electron chi connectivity index (χ2n) is 15.1. The third-order valence-electron chi connectivity index (χ3n) is 11.2. The summed E-state index contributed by atoms with van der Waals surface area (Å²) in [5.41, 5.74) is 9.66. The first-order valence-corrected chi connectivity index (χ1v) is 19.5. The van der Waals surface area contributed by atoms with Gasteiger partial charge in [0.1, 0.15) is 6.54 Å². The Labute approximate surface area is 325 Å². The first-order chi connectivity index (χ1) is 26.7. The van der Waals surface area contributed by atoms with Crippen molar-refractivity contribution in [3.05, 3.63) is 144 Å². The predicted octanol–water partition coefficient (Wildman–Crippen LogP) is 10.7. The minimum atomic E-state index is -0.205. The molecule has 1 aliphatic rings. The van der Waals surface area contributed by atoms with Crippen LogP contribution in [0.15, 0.2) is 133 Å². The molecule has 2 heterocycles. The maximum Gasteiger partial charge on any atom is 0.302 e. The lowest BCUT2D eigenvalue weighted by atomic mass is 9.81. The smallest absolute Gasteiger partial charge is 0.302 e. The number of aromatic nitrogens is 1. The lowest BCUT2D eigenvalue weighted by molar-refractivity contribution is -0.438. The molecule has 7 rings (SSSR count). The average Bonchev–Trinajstić information content (AvgIpc) is 3.59. The SMILES string of the molecule is CC(=O)OCCCCCC[N+]1=C(/C=C/C=C/C=c2\c3cccc4c(N(C)c5ccccc5)ccc(c43)n2C)C(C)(C)c2cc(N(C)c3ccccc3)ccc21. The number of anilines is 4. The second-order valence-corrected chi connectivity index (χ2v) is 15.1. The molecule has 6 heteroatoms. The van der Waals surface area contributed by atoms with Crippen molar-refractivity contribution < 1.29 is 14.1 Å². The van der Waals surface area contributed by atoms with Crippen molar-refractivity contribution in [2.45, 2.75) is 51.9 Å². The van der Waals surface area contributed by atoms with Crippen LogP contribution < -0.4 is 15.1 Å². The molecule has 0 atom stereocenters. The van der Waals surface area contributed by atoms with E-state index in [4.69, 9.17) is 4.74 Å². The largest absolute Gasteiger partial charge is 0.466 e. The number of allylic oxidation sites excluding steroid dienone is 4. The summed E-state index contributed by atoms with van der Waals surface area (Å²) in [6, 6.07) is 39.1. The maximum absolute atomic E-state index is 11.2. The summed E-state index contributed by atoms with van der Waals surface area (Å²) in [5, 5.41) is 4.99. The quantitative estimate of drug-likeness (QED) is 0.0484. The molecular weight excluding hydrogens is 677 g/mol. The molecule has 0 spiro atoms. The van der Waals surface area contributed by atoms with Crippen molar-refractivity contribution in [1.82, 2.24) is 4.57 Å². The van der Waals surface area contributed by atoms with Crippen LogP contribution in [0.25, 0.3) is 27.8 Å². The number of carbonyl (C=O) groups excluding carboxylic acids is 1. The normalized spacial score (nSPS) is 14.2. The number of benzene rings is 5. The first-order valence-electron chi connectivity index (χ1n) is 19.5. The van der Waals surface area contributed by atoms with Crippen LogP contribution >= 0.6 is 0 Å². The van der Waals surface area contributed by atoms with Gasteiger partial charge in [0.05, 0.1) is 12.0 Å². The summed E-state index contributed by atoms with van der Waals surface area (Å²) in [4.78, 5) is 15.7. The minimum Gasteiger partial charge on any atom is -0.466 e. The number of unbranched alkanes of at least 4 members (excludes halogenated alkanes) is 3.